The summed E-state index contributed by atoms with van der Waals surface area (Å²) >= 11 is 1.64. The van der Waals surface area contributed by atoms with Crippen molar-refractivity contribution in [2.45, 2.75) is 32.6 Å². The van der Waals surface area contributed by atoms with E-state index in [9.17, 15) is 0 Å². The standard InChI is InChI=1S/C9H15NS/c1-2-3-4-5-8-6-7-11-9(8)10/h6-7H,2-5,10H2,1H3. The average Bonchev–Trinajstić information content (AvgIpc) is 2.37. The molecule has 1 heterocycles. The van der Waals surface area contributed by atoms with Gasteiger partial charge in [0.2, 0.25) is 0 Å². The van der Waals surface area contributed by atoms with E-state index in [4.69, 9.17) is 5.73 Å². The van der Waals surface area contributed by atoms with Gasteiger partial charge in [-0.3, -0.25) is 0 Å². The molecule has 2 N–H and O–H groups in total. The maximum atomic E-state index is 5.74. The van der Waals surface area contributed by atoms with Crippen molar-refractivity contribution >= 4 is 16.3 Å². The van der Waals surface area contributed by atoms with Crippen molar-refractivity contribution < 1.29 is 0 Å². The van der Waals surface area contributed by atoms with Crippen LogP contribution in [-0.4, -0.2) is 0 Å². The Labute approximate surface area is 72.2 Å². The summed E-state index contributed by atoms with van der Waals surface area (Å²) in [7, 11) is 0. The van der Waals surface area contributed by atoms with Gasteiger partial charge in [-0.15, -0.1) is 11.3 Å². The third-order valence-electron chi connectivity index (χ3n) is 1.83. The van der Waals surface area contributed by atoms with Crippen LogP contribution in [0.1, 0.15) is 31.7 Å². The van der Waals surface area contributed by atoms with E-state index in [0.29, 0.717) is 0 Å². The highest BCUT2D eigenvalue weighted by Crippen LogP contribution is 2.20. The lowest BCUT2D eigenvalue weighted by Crippen LogP contribution is -1.88. The normalized spacial score (nSPS) is 10.3. The van der Waals surface area contributed by atoms with Crippen molar-refractivity contribution in [3.8, 4) is 0 Å². The Kier molecular flexibility index (Phi) is 3.43. The molecule has 0 aliphatic rings. The fourth-order valence-electron chi connectivity index (χ4n) is 1.12. The molecule has 2 heteroatoms. The zero-order valence-corrected chi connectivity index (χ0v) is 7.79. The third kappa shape index (κ3) is 2.54. The summed E-state index contributed by atoms with van der Waals surface area (Å²) in [5, 5.41) is 3.07. The summed E-state index contributed by atoms with van der Waals surface area (Å²) in [4.78, 5) is 0. The predicted molar refractivity (Wildman–Crippen MR) is 52.0 cm³/mol. The molecule has 0 saturated heterocycles. The molecule has 0 radical (unpaired) electrons. The Balaban J connectivity index is 2.32. The molecule has 11 heavy (non-hydrogen) atoms. The van der Waals surface area contributed by atoms with Crippen LogP contribution in [0.4, 0.5) is 5.00 Å². The molecule has 1 aromatic heterocycles. The van der Waals surface area contributed by atoms with Crippen molar-refractivity contribution in [2.24, 2.45) is 0 Å². The highest BCUT2D eigenvalue weighted by Gasteiger charge is 1.98. The van der Waals surface area contributed by atoms with E-state index >= 15 is 0 Å². The molecule has 0 fully saturated rings. The van der Waals surface area contributed by atoms with Gasteiger partial charge in [-0.1, -0.05) is 19.8 Å². The second kappa shape index (κ2) is 4.39. The molecule has 1 nitrogen and oxygen atoms in total. The van der Waals surface area contributed by atoms with E-state index in [1.165, 1.54) is 24.8 Å². The molecule has 0 bridgehead atoms. The van der Waals surface area contributed by atoms with Gasteiger partial charge in [-0.05, 0) is 29.9 Å². The number of hydrogen-bond donors (Lipinski definition) is 1. The highest BCUT2D eigenvalue weighted by atomic mass is 32.1. The predicted octanol–water partition coefficient (Wildman–Crippen LogP) is 3.06. The largest absolute Gasteiger partial charge is 0.390 e. The van der Waals surface area contributed by atoms with Gasteiger partial charge in [0.05, 0.1) is 5.00 Å². The first-order chi connectivity index (χ1) is 5.34. The minimum Gasteiger partial charge on any atom is -0.390 e. The maximum Gasteiger partial charge on any atom is 0.0888 e. The van der Waals surface area contributed by atoms with E-state index in [1.54, 1.807) is 11.3 Å². The van der Waals surface area contributed by atoms with Crippen LogP contribution in [0, 0.1) is 0 Å². The Bertz CT molecular complexity index is 205. The van der Waals surface area contributed by atoms with Crippen LogP contribution in [0.3, 0.4) is 0 Å². The average molecular weight is 169 g/mol. The fraction of sp³-hybridized carbons (Fsp3) is 0.556. The second-order valence-corrected chi connectivity index (χ2v) is 3.71. The Hall–Kier alpha value is -0.500. The highest BCUT2D eigenvalue weighted by molar-refractivity contribution is 7.14. The van der Waals surface area contributed by atoms with Gasteiger partial charge in [0.1, 0.15) is 0 Å². The Morgan fingerprint density at radius 1 is 1.45 bits per heavy atom. The molecule has 0 saturated carbocycles. The summed E-state index contributed by atoms with van der Waals surface area (Å²) in [5.74, 6) is 0. The van der Waals surface area contributed by atoms with E-state index in [0.717, 1.165) is 11.4 Å². The van der Waals surface area contributed by atoms with Crippen molar-refractivity contribution in [2.75, 3.05) is 5.73 Å². The number of nitrogens with two attached hydrogens (primary N) is 1. The summed E-state index contributed by atoms with van der Waals surface area (Å²) < 4.78 is 0. The number of hydrogen-bond acceptors (Lipinski definition) is 2. The maximum absolute atomic E-state index is 5.74. The van der Waals surface area contributed by atoms with Gasteiger partial charge in [0.25, 0.3) is 0 Å². The SMILES string of the molecule is CCCCCc1ccsc1N. The summed E-state index contributed by atoms with van der Waals surface area (Å²) in [6.45, 7) is 2.22. The lowest BCUT2D eigenvalue weighted by Gasteiger charge is -1.97. The lowest BCUT2D eigenvalue weighted by molar-refractivity contribution is 0.719. The lowest BCUT2D eigenvalue weighted by atomic mass is 10.1. The number of rotatable bonds is 4. The first-order valence-corrected chi connectivity index (χ1v) is 5.04. The molecule has 0 aliphatic carbocycles. The zero-order chi connectivity index (χ0) is 8.10. The van der Waals surface area contributed by atoms with Gasteiger partial charge < -0.3 is 5.73 Å². The number of aryl methyl sites for hydroxylation is 1. The van der Waals surface area contributed by atoms with Gasteiger partial charge in [-0.25, -0.2) is 0 Å². The topological polar surface area (TPSA) is 26.0 Å². The third-order valence-corrected chi connectivity index (χ3v) is 2.62. The first-order valence-electron chi connectivity index (χ1n) is 4.16. The van der Waals surface area contributed by atoms with Crippen molar-refractivity contribution in [3.63, 3.8) is 0 Å². The zero-order valence-electron chi connectivity index (χ0n) is 6.97. The minimum absolute atomic E-state index is 1.00. The monoisotopic (exact) mass is 169 g/mol. The van der Waals surface area contributed by atoms with Crippen LogP contribution in [0.5, 0.6) is 0 Å². The van der Waals surface area contributed by atoms with E-state index in [-0.39, 0.29) is 0 Å². The van der Waals surface area contributed by atoms with Gasteiger partial charge in [-0.2, -0.15) is 0 Å². The molecule has 0 atom stereocenters. The van der Waals surface area contributed by atoms with Gasteiger partial charge in [0.15, 0.2) is 0 Å². The molecule has 0 aliphatic heterocycles. The van der Waals surface area contributed by atoms with Crippen LogP contribution in [0.2, 0.25) is 0 Å². The van der Waals surface area contributed by atoms with Crippen LogP contribution in [0.25, 0.3) is 0 Å². The number of nitrogen functional groups attached to an aromatic ring is 1. The summed E-state index contributed by atoms with van der Waals surface area (Å²) in [6, 6.07) is 2.13. The molecule has 0 unspecified atom stereocenters. The molecule has 0 aromatic carbocycles. The quantitative estimate of drug-likeness (QED) is 0.689. The Morgan fingerprint density at radius 3 is 2.82 bits per heavy atom. The smallest absolute Gasteiger partial charge is 0.0888 e. The van der Waals surface area contributed by atoms with Crippen molar-refractivity contribution in [3.05, 3.63) is 17.0 Å². The van der Waals surface area contributed by atoms with Crippen LogP contribution in [0.15, 0.2) is 11.4 Å². The van der Waals surface area contributed by atoms with E-state index < -0.39 is 0 Å². The van der Waals surface area contributed by atoms with Gasteiger partial charge in [0, 0.05) is 0 Å². The molecular weight excluding hydrogens is 154 g/mol. The summed E-state index contributed by atoms with van der Waals surface area (Å²) in [6.07, 6.45) is 5.03. The first kappa shape index (κ1) is 8.60. The molecular formula is C9H15NS. The molecule has 1 aromatic rings. The molecule has 62 valence electrons. The number of unbranched alkanes of at least 4 members (excludes halogenated alkanes) is 2. The van der Waals surface area contributed by atoms with Crippen molar-refractivity contribution in [1.82, 2.24) is 0 Å². The van der Waals surface area contributed by atoms with Crippen LogP contribution >= 0.6 is 11.3 Å². The molecule has 0 amide bonds. The van der Waals surface area contributed by atoms with Gasteiger partial charge >= 0.3 is 0 Å². The number of thiophene rings is 1. The minimum atomic E-state index is 1.00. The molecule has 0 spiro atoms. The van der Waals surface area contributed by atoms with E-state index in [2.05, 4.69) is 18.4 Å². The van der Waals surface area contributed by atoms with E-state index in [1.807, 2.05) is 0 Å². The van der Waals surface area contributed by atoms with Crippen LogP contribution in [-0.2, 0) is 6.42 Å². The van der Waals surface area contributed by atoms with Crippen molar-refractivity contribution in [1.29, 1.82) is 0 Å². The fourth-order valence-corrected chi connectivity index (χ4v) is 1.82. The Morgan fingerprint density at radius 2 is 2.27 bits per heavy atom. The van der Waals surface area contributed by atoms with Crippen LogP contribution < -0.4 is 5.73 Å². The number of anilines is 1. The summed E-state index contributed by atoms with van der Waals surface area (Å²) in [5.41, 5.74) is 7.08. The molecule has 1 rings (SSSR count). The second-order valence-electron chi connectivity index (χ2n) is 2.77.